The fourth-order valence-corrected chi connectivity index (χ4v) is 6.44. The number of hydrogen-bond donors (Lipinski definition) is 0. The molecule has 0 aromatic heterocycles. The zero-order valence-electron chi connectivity index (χ0n) is 19.5. The van der Waals surface area contributed by atoms with E-state index in [0.29, 0.717) is 22.9 Å². The van der Waals surface area contributed by atoms with Crippen LogP contribution in [0.4, 0.5) is 5.69 Å². The maximum absolute atomic E-state index is 13.6. The van der Waals surface area contributed by atoms with Gasteiger partial charge >= 0.3 is 5.97 Å². The van der Waals surface area contributed by atoms with Gasteiger partial charge in [0.2, 0.25) is 11.8 Å². The second-order valence-corrected chi connectivity index (χ2v) is 9.36. The Bertz CT molecular complexity index is 1270. The van der Waals surface area contributed by atoms with E-state index in [4.69, 9.17) is 19.0 Å². The lowest BCUT2D eigenvalue weighted by Gasteiger charge is -2.29. The average molecular weight is 476 g/mol. The first-order valence-electron chi connectivity index (χ1n) is 11.5. The van der Waals surface area contributed by atoms with Crippen LogP contribution in [0.15, 0.2) is 47.6 Å². The number of oxime groups is 1. The number of anilines is 1. The number of imide groups is 1. The number of rotatable bonds is 5. The molecule has 2 aromatic rings. The van der Waals surface area contributed by atoms with Crippen LogP contribution in [0.25, 0.3) is 0 Å². The van der Waals surface area contributed by atoms with Crippen LogP contribution >= 0.6 is 0 Å². The number of esters is 1. The molecular formula is C26H24N2O7. The van der Waals surface area contributed by atoms with Crippen molar-refractivity contribution in [2.24, 2.45) is 34.7 Å². The molecule has 1 saturated heterocycles. The number of ether oxygens (including phenoxy) is 3. The number of nitrogens with zero attached hydrogens (tertiary/aromatic N) is 2. The molecule has 2 saturated carbocycles. The standard InChI is InChI=1S/C26H24N2O7/c1-12(29)34-15-7-5-14(6-8-15)28-25(30)20-16-11-17(21(20)26(28)31)24-22(16)23(27-35-24)13-4-9-18(32-2)19(10-13)33-3/h4-10,16-17,20-22,24H,11H2,1-3H3/t16-,17+,20+,21+,22+,24-/m1/s1. The van der Waals surface area contributed by atoms with Crippen molar-refractivity contribution in [2.45, 2.75) is 19.4 Å². The van der Waals surface area contributed by atoms with Crippen LogP contribution < -0.4 is 19.1 Å². The number of methoxy groups -OCH3 is 2. The van der Waals surface area contributed by atoms with Crippen molar-refractivity contribution in [3.8, 4) is 17.2 Å². The number of fused-ring (bicyclic) bond motifs is 8. The molecule has 2 aromatic carbocycles. The van der Waals surface area contributed by atoms with Gasteiger partial charge in [-0.25, -0.2) is 0 Å². The van der Waals surface area contributed by atoms with E-state index in [2.05, 4.69) is 5.16 Å². The highest BCUT2D eigenvalue weighted by molar-refractivity contribution is 6.23. The highest BCUT2D eigenvalue weighted by Crippen LogP contribution is 2.62. The van der Waals surface area contributed by atoms with Gasteiger partial charge in [0.15, 0.2) is 11.5 Å². The SMILES string of the molecule is COc1ccc(C2=NO[C@@H]3[C@H]4C[C@@H]([C@@H]23)[C@@H]2C(=O)N(c3ccc(OC(C)=O)cc3)C(=O)[C@@H]42)cc1OC. The van der Waals surface area contributed by atoms with E-state index in [0.717, 1.165) is 17.7 Å². The summed E-state index contributed by atoms with van der Waals surface area (Å²) in [5.41, 5.74) is 2.12. The molecule has 2 aliphatic carbocycles. The summed E-state index contributed by atoms with van der Waals surface area (Å²) in [7, 11) is 3.16. The molecule has 0 N–H and O–H groups in total. The Balaban J connectivity index is 1.28. The number of amides is 2. The van der Waals surface area contributed by atoms with Crippen LogP contribution in [0.2, 0.25) is 0 Å². The average Bonchev–Trinajstić information content (AvgIpc) is 3.59. The van der Waals surface area contributed by atoms with Gasteiger partial charge < -0.3 is 19.0 Å². The number of benzene rings is 2. The maximum atomic E-state index is 13.6. The molecule has 180 valence electrons. The Hall–Kier alpha value is -3.88. The summed E-state index contributed by atoms with van der Waals surface area (Å²) in [5.74, 6) is -0.253. The van der Waals surface area contributed by atoms with Crippen LogP contribution in [0.5, 0.6) is 17.2 Å². The van der Waals surface area contributed by atoms with E-state index in [9.17, 15) is 14.4 Å². The van der Waals surface area contributed by atoms with Crippen LogP contribution in [0, 0.1) is 29.6 Å². The summed E-state index contributed by atoms with van der Waals surface area (Å²) in [6.45, 7) is 1.32. The molecule has 6 rings (SSSR count). The summed E-state index contributed by atoms with van der Waals surface area (Å²) in [6.07, 6.45) is 0.528. The highest BCUT2D eigenvalue weighted by atomic mass is 16.6. The Kier molecular flexibility index (Phi) is 4.84. The predicted octanol–water partition coefficient (Wildman–Crippen LogP) is 2.80. The molecule has 0 spiro atoms. The van der Waals surface area contributed by atoms with Gasteiger partial charge in [0, 0.05) is 24.3 Å². The molecule has 4 aliphatic rings. The molecule has 2 aliphatic heterocycles. The van der Waals surface area contributed by atoms with Gasteiger partial charge in [-0.05, 0) is 54.8 Å². The maximum Gasteiger partial charge on any atom is 0.308 e. The molecule has 9 heteroatoms. The van der Waals surface area contributed by atoms with Crippen molar-refractivity contribution in [3.05, 3.63) is 48.0 Å². The summed E-state index contributed by atoms with van der Waals surface area (Å²) in [6, 6.07) is 12.0. The number of carbonyl (C=O) groups excluding carboxylic acids is 3. The van der Waals surface area contributed by atoms with Gasteiger partial charge in [0.25, 0.3) is 0 Å². The van der Waals surface area contributed by atoms with Gasteiger partial charge in [0.05, 0.1) is 37.5 Å². The van der Waals surface area contributed by atoms with Gasteiger partial charge in [-0.3, -0.25) is 19.3 Å². The molecule has 0 radical (unpaired) electrons. The van der Waals surface area contributed by atoms with Crippen molar-refractivity contribution in [1.82, 2.24) is 0 Å². The molecule has 2 bridgehead atoms. The summed E-state index contributed by atoms with van der Waals surface area (Å²) < 4.78 is 15.9. The van der Waals surface area contributed by atoms with E-state index in [1.165, 1.54) is 11.8 Å². The number of hydrogen-bond acceptors (Lipinski definition) is 8. The first-order chi connectivity index (χ1) is 16.9. The van der Waals surface area contributed by atoms with Gasteiger partial charge in [0.1, 0.15) is 11.9 Å². The van der Waals surface area contributed by atoms with E-state index >= 15 is 0 Å². The minimum absolute atomic E-state index is 0.0360. The summed E-state index contributed by atoms with van der Waals surface area (Å²) in [5, 5.41) is 4.39. The van der Waals surface area contributed by atoms with Crippen LogP contribution in [-0.4, -0.2) is 43.8 Å². The first kappa shape index (κ1) is 21.6. The van der Waals surface area contributed by atoms with Gasteiger partial charge in [-0.1, -0.05) is 5.16 Å². The number of carbonyl (C=O) groups is 3. The molecule has 2 heterocycles. The topological polar surface area (TPSA) is 104 Å². The summed E-state index contributed by atoms with van der Waals surface area (Å²) >= 11 is 0. The molecule has 0 unspecified atom stereocenters. The van der Waals surface area contributed by atoms with Crippen LogP contribution in [0.1, 0.15) is 18.9 Å². The third-order valence-electron chi connectivity index (χ3n) is 7.73. The fraction of sp³-hybridized carbons (Fsp3) is 0.385. The van der Waals surface area contributed by atoms with E-state index < -0.39 is 17.8 Å². The molecule has 6 atom stereocenters. The molecule has 9 nitrogen and oxygen atoms in total. The van der Waals surface area contributed by atoms with E-state index in [-0.39, 0.29) is 35.7 Å². The van der Waals surface area contributed by atoms with Crippen molar-refractivity contribution in [3.63, 3.8) is 0 Å². The zero-order valence-corrected chi connectivity index (χ0v) is 19.5. The monoisotopic (exact) mass is 476 g/mol. The Labute approximate surface area is 201 Å². The quantitative estimate of drug-likeness (QED) is 0.371. The summed E-state index contributed by atoms with van der Waals surface area (Å²) in [4.78, 5) is 45.4. The lowest BCUT2D eigenvalue weighted by Crippen LogP contribution is -2.41. The fourth-order valence-electron chi connectivity index (χ4n) is 6.44. The van der Waals surface area contributed by atoms with Crippen LogP contribution in [0.3, 0.4) is 0 Å². The lowest BCUT2D eigenvalue weighted by molar-refractivity contribution is -0.132. The van der Waals surface area contributed by atoms with Crippen molar-refractivity contribution >= 4 is 29.2 Å². The Morgan fingerprint density at radius 2 is 1.63 bits per heavy atom. The predicted molar refractivity (Wildman–Crippen MR) is 123 cm³/mol. The van der Waals surface area contributed by atoms with E-state index in [1.54, 1.807) is 38.5 Å². The van der Waals surface area contributed by atoms with Crippen molar-refractivity contribution in [1.29, 1.82) is 0 Å². The largest absolute Gasteiger partial charge is 0.493 e. The third-order valence-corrected chi connectivity index (χ3v) is 7.73. The Morgan fingerprint density at radius 3 is 2.29 bits per heavy atom. The minimum atomic E-state index is -0.435. The Morgan fingerprint density at radius 1 is 0.943 bits per heavy atom. The molecular weight excluding hydrogens is 452 g/mol. The highest BCUT2D eigenvalue weighted by Gasteiger charge is 2.70. The van der Waals surface area contributed by atoms with Crippen molar-refractivity contribution in [2.75, 3.05) is 19.1 Å². The molecule has 2 amide bonds. The smallest absolute Gasteiger partial charge is 0.308 e. The van der Waals surface area contributed by atoms with Gasteiger partial charge in [-0.2, -0.15) is 0 Å². The third kappa shape index (κ3) is 3.07. The zero-order chi connectivity index (χ0) is 24.4. The minimum Gasteiger partial charge on any atom is -0.493 e. The second kappa shape index (κ2) is 7.83. The van der Waals surface area contributed by atoms with Crippen molar-refractivity contribution < 1.29 is 33.4 Å². The first-order valence-corrected chi connectivity index (χ1v) is 11.5. The second-order valence-electron chi connectivity index (χ2n) is 9.36. The molecule has 3 fully saturated rings. The normalized spacial score (nSPS) is 30.0. The lowest BCUT2D eigenvalue weighted by atomic mass is 9.71. The van der Waals surface area contributed by atoms with Crippen LogP contribution in [-0.2, 0) is 19.2 Å². The molecule has 35 heavy (non-hydrogen) atoms. The van der Waals surface area contributed by atoms with Gasteiger partial charge in [-0.15, -0.1) is 0 Å². The van der Waals surface area contributed by atoms with E-state index in [1.807, 2.05) is 18.2 Å².